The maximum atomic E-state index is 12.5. The van der Waals surface area contributed by atoms with Crippen LogP contribution >= 0.6 is 0 Å². The lowest BCUT2D eigenvalue weighted by Gasteiger charge is -2.22. The van der Waals surface area contributed by atoms with Gasteiger partial charge in [0, 0.05) is 12.8 Å². The third-order valence-electron chi connectivity index (χ3n) is 18.9. The number of ether oxygens (including phenoxy) is 1. The van der Waals surface area contributed by atoms with E-state index >= 15 is 0 Å². The molecule has 3 N–H and O–H groups in total. The van der Waals surface area contributed by atoms with Crippen LogP contribution in [-0.4, -0.2) is 47.4 Å². The highest BCUT2D eigenvalue weighted by atomic mass is 16.5. The number of rotatable bonds is 75. The van der Waals surface area contributed by atoms with Gasteiger partial charge in [0.15, 0.2) is 0 Å². The molecular formula is C78H155NO5. The smallest absolute Gasteiger partial charge is 0.305 e. The molecule has 0 fully saturated rings. The van der Waals surface area contributed by atoms with Crippen molar-refractivity contribution in [1.82, 2.24) is 5.32 Å². The SMILES string of the molecule is CCCCCCCCCCCCCCCCCCCC(O)C(CO)NC(=O)CCCCCCCCCCCCCCCCCCCCCCCCCCCCCCCCCCCCCOC(=O)CCCCCCCCCCCCCCCCC. The van der Waals surface area contributed by atoms with Gasteiger partial charge in [-0.3, -0.25) is 9.59 Å². The number of carbonyl (C=O) groups excluding carboxylic acids is 2. The Morgan fingerprint density at radius 1 is 0.286 bits per heavy atom. The Morgan fingerprint density at radius 3 is 0.726 bits per heavy atom. The summed E-state index contributed by atoms with van der Waals surface area (Å²) in [6, 6.07) is -0.536. The lowest BCUT2D eigenvalue weighted by atomic mass is 10.0. The van der Waals surface area contributed by atoms with Crippen molar-refractivity contribution >= 4 is 11.9 Å². The molecule has 0 aromatic rings. The Hall–Kier alpha value is -1.14. The van der Waals surface area contributed by atoms with E-state index in [-0.39, 0.29) is 18.5 Å². The molecule has 0 aliphatic heterocycles. The van der Waals surface area contributed by atoms with Crippen LogP contribution < -0.4 is 5.32 Å². The molecule has 0 heterocycles. The summed E-state index contributed by atoms with van der Waals surface area (Å²) in [5, 5.41) is 23.4. The molecule has 2 atom stereocenters. The predicted molar refractivity (Wildman–Crippen MR) is 371 cm³/mol. The van der Waals surface area contributed by atoms with Gasteiger partial charge >= 0.3 is 5.97 Å². The molecule has 2 unspecified atom stereocenters. The number of amides is 1. The molecule has 1 amide bonds. The molecule has 84 heavy (non-hydrogen) atoms. The molecule has 6 heteroatoms. The highest BCUT2D eigenvalue weighted by molar-refractivity contribution is 5.76. The molecular weight excluding hydrogens is 1030 g/mol. The summed E-state index contributed by atoms with van der Waals surface area (Å²) in [5.74, 6) is 0.00221. The second kappa shape index (κ2) is 74.3. The van der Waals surface area contributed by atoms with E-state index in [0.717, 1.165) is 38.5 Å². The van der Waals surface area contributed by atoms with Gasteiger partial charge in [-0.15, -0.1) is 0 Å². The van der Waals surface area contributed by atoms with Crippen LogP contribution in [0, 0.1) is 0 Å². The van der Waals surface area contributed by atoms with Crippen molar-refractivity contribution in [2.75, 3.05) is 13.2 Å². The van der Waals surface area contributed by atoms with E-state index in [1.165, 1.54) is 392 Å². The van der Waals surface area contributed by atoms with Crippen molar-refractivity contribution in [3.05, 3.63) is 0 Å². The second-order valence-electron chi connectivity index (χ2n) is 27.4. The third kappa shape index (κ3) is 70.0. The number of hydrogen-bond donors (Lipinski definition) is 3. The monoisotopic (exact) mass is 1190 g/mol. The molecule has 0 radical (unpaired) electrons. The Balaban J connectivity index is 3.29. The summed E-state index contributed by atoms with van der Waals surface area (Å²) in [6.07, 6.45) is 92.0. The quantitative estimate of drug-likeness (QED) is 0.0417. The number of hydrogen-bond acceptors (Lipinski definition) is 5. The fraction of sp³-hybridized carbons (Fsp3) is 0.974. The number of unbranched alkanes of at least 4 members (excludes halogenated alkanes) is 64. The number of aliphatic hydroxyl groups excluding tert-OH is 2. The van der Waals surface area contributed by atoms with Crippen LogP contribution in [0.2, 0.25) is 0 Å². The lowest BCUT2D eigenvalue weighted by Crippen LogP contribution is -2.45. The molecule has 0 rings (SSSR count). The molecule has 0 aromatic carbocycles. The van der Waals surface area contributed by atoms with Crippen LogP contribution in [0.25, 0.3) is 0 Å². The predicted octanol–water partition coefficient (Wildman–Crippen LogP) is 25.7. The Labute approximate surface area is 527 Å². The number of nitrogens with one attached hydrogen (secondary N) is 1. The van der Waals surface area contributed by atoms with Crippen LogP contribution in [0.3, 0.4) is 0 Å². The van der Waals surface area contributed by atoms with Crippen LogP contribution in [0.1, 0.15) is 463 Å². The van der Waals surface area contributed by atoms with Crippen molar-refractivity contribution in [1.29, 1.82) is 0 Å². The average Bonchev–Trinajstić information content (AvgIpc) is 3.53. The molecule has 0 aliphatic rings. The van der Waals surface area contributed by atoms with Crippen LogP contribution in [0.15, 0.2) is 0 Å². The first kappa shape index (κ1) is 82.9. The van der Waals surface area contributed by atoms with Crippen molar-refractivity contribution in [2.24, 2.45) is 0 Å². The molecule has 0 saturated carbocycles. The van der Waals surface area contributed by atoms with Crippen molar-refractivity contribution in [2.45, 2.75) is 475 Å². The van der Waals surface area contributed by atoms with Crippen molar-refractivity contribution < 1.29 is 24.5 Å². The summed E-state index contributed by atoms with van der Waals surface area (Å²) >= 11 is 0. The van der Waals surface area contributed by atoms with Gasteiger partial charge in [-0.1, -0.05) is 425 Å². The van der Waals surface area contributed by atoms with E-state index < -0.39 is 12.1 Å². The topological polar surface area (TPSA) is 95.9 Å². The number of esters is 1. The van der Waals surface area contributed by atoms with Gasteiger partial charge in [-0.05, 0) is 25.7 Å². The van der Waals surface area contributed by atoms with Crippen LogP contribution in [0.4, 0.5) is 0 Å². The normalized spacial score (nSPS) is 12.4. The van der Waals surface area contributed by atoms with E-state index in [1.54, 1.807) is 0 Å². The van der Waals surface area contributed by atoms with Gasteiger partial charge in [0.25, 0.3) is 0 Å². The van der Waals surface area contributed by atoms with Gasteiger partial charge in [-0.2, -0.15) is 0 Å². The van der Waals surface area contributed by atoms with Crippen molar-refractivity contribution in [3.63, 3.8) is 0 Å². The highest BCUT2D eigenvalue weighted by Gasteiger charge is 2.20. The molecule has 0 aliphatic carbocycles. The van der Waals surface area contributed by atoms with E-state index in [2.05, 4.69) is 19.2 Å². The Kier molecular flexibility index (Phi) is 73.3. The van der Waals surface area contributed by atoms with E-state index in [0.29, 0.717) is 25.9 Å². The van der Waals surface area contributed by atoms with Crippen LogP contribution in [0.5, 0.6) is 0 Å². The maximum Gasteiger partial charge on any atom is 0.305 e. The van der Waals surface area contributed by atoms with Gasteiger partial charge in [0.2, 0.25) is 5.91 Å². The minimum Gasteiger partial charge on any atom is -0.466 e. The summed E-state index contributed by atoms with van der Waals surface area (Å²) < 4.78 is 5.51. The fourth-order valence-electron chi connectivity index (χ4n) is 12.9. The molecule has 0 spiro atoms. The minimum atomic E-state index is -0.660. The summed E-state index contributed by atoms with van der Waals surface area (Å²) in [5.41, 5.74) is 0. The first-order valence-corrected chi connectivity index (χ1v) is 39.3. The molecule has 0 aromatic heterocycles. The maximum absolute atomic E-state index is 12.5. The third-order valence-corrected chi connectivity index (χ3v) is 18.9. The van der Waals surface area contributed by atoms with Gasteiger partial charge < -0.3 is 20.3 Å². The standard InChI is InChI=1S/C78H155NO5/c1-3-5-7-9-11-13-15-17-19-39-43-46-50-54-58-62-66-70-76(81)75(74-80)79-77(82)71-67-63-59-55-51-47-44-40-37-35-33-31-29-27-25-23-21-20-22-24-26-28-30-32-34-36-38-41-45-49-53-57-61-65-69-73-84-78(83)72-68-64-60-56-52-48-42-18-16-14-12-10-8-6-4-2/h75-76,80-81H,3-74H2,1-2H3,(H,79,82). The van der Waals surface area contributed by atoms with E-state index in [4.69, 9.17) is 4.74 Å². The first-order valence-electron chi connectivity index (χ1n) is 39.3. The zero-order valence-corrected chi connectivity index (χ0v) is 57.7. The largest absolute Gasteiger partial charge is 0.466 e. The average molecular weight is 1190 g/mol. The summed E-state index contributed by atoms with van der Waals surface area (Å²) in [4.78, 5) is 24.6. The molecule has 502 valence electrons. The summed E-state index contributed by atoms with van der Waals surface area (Å²) in [6.45, 7) is 5.02. The fourth-order valence-corrected chi connectivity index (χ4v) is 12.9. The Morgan fingerprint density at radius 2 is 0.488 bits per heavy atom. The molecule has 6 nitrogen and oxygen atoms in total. The molecule has 0 saturated heterocycles. The van der Waals surface area contributed by atoms with Crippen molar-refractivity contribution in [3.8, 4) is 0 Å². The summed E-state index contributed by atoms with van der Waals surface area (Å²) in [7, 11) is 0. The minimum absolute atomic E-state index is 0.0247. The Bertz CT molecular complexity index is 1230. The zero-order valence-electron chi connectivity index (χ0n) is 57.7. The van der Waals surface area contributed by atoms with E-state index in [9.17, 15) is 19.8 Å². The van der Waals surface area contributed by atoms with Gasteiger partial charge in [0.05, 0.1) is 25.4 Å². The van der Waals surface area contributed by atoms with Gasteiger partial charge in [0.1, 0.15) is 0 Å². The second-order valence-corrected chi connectivity index (χ2v) is 27.4. The van der Waals surface area contributed by atoms with E-state index in [1.807, 2.05) is 0 Å². The first-order chi connectivity index (χ1) is 41.5. The highest BCUT2D eigenvalue weighted by Crippen LogP contribution is 2.21. The number of aliphatic hydroxyl groups is 2. The molecule has 0 bridgehead atoms. The van der Waals surface area contributed by atoms with Gasteiger partial charge in [-0.25, -0.2) is 0 Å². The lowest BCUT2D eigenvalue weighted by molar-refractivity contribution is -0.143. The zero-order chi connectivity index (χ0) is 60.6. The number of carbonyl (C=O) groups is 2. The van der Waals surface area contributed by atoms with Crippen LogP contribution in [-0.2, 0) is 14.3 Å².